The molecule has 1 aliphatic heterocycles. The van der Waals surface area contributed by atoms with Crippen LogP contribution in [0, 0.1) is 0 Å². The predicted molar refractivity (Wildman–Crippen MR) is 68.9 cm³/mol. The zero-order valence-corrected chi connectivity index (χ0v) is 11.2. The molecule has 2 heterocycles. The lowest BCUT2D eigenvalue weighted by Gasteiger charge is -2.33. The normalized spacial score (nSPS) is 22.2. The van der Waals surface area contributed by atoms with E-state index in [1.54, 1.807) is 0 Å². The lowest BCUT2D eigenvalue weighted by molar-refractivity contribution is 0.0937. The second-order valence-corrected chi connectivity index (χ2v) is 5.55. The van der Waals surface area contributed by atoms with Gasteiger partial charge in [0.15, 0.2) is 0 Å². The number of hydrogen-bond acceptors (Lipinski definition) is 5. The topological polar surface area (TPSA) is 80.1 Å². The minimum atomic E-state index is -0.210. The number of aromatic nitrogens is 2. The molecule has 0 unspecified atom stereocenters. The minimum Gasteiger partial charge on any atom is -0.346 e. The van der Waals surface area contributed by atoms with Gasteiger partial charge in [0.2, 0.25) is 5.89 Å². The van der Waals surface area contributed by atoms with Crippen LogP contribution in [0.1, 0.15) is 55.5 Å². The Labute approximate surface area is 112 Å². The van der Waals surface area contributed by atoms with Crippen molar-refractivity contribution in [2.45, 2.75) is 50.5 Å². The molecule has 0 radical (unpaired) electrons. The summed E-state index contributed by atoms with van der Waals surface area (Å²) < 4.78 is 5.37. The van der Waals surface area contributed by atoms with Gasteiger partial charge in [-0.15, -0.1) is 0 Å². The molecule has 0 bridgehead atoms. The van der Waals surface area contributed by atoms with E-state index in [2.05, 4.69) is 27.7 Å². The SMILES string of the molecule is CCC1(c2nc(C(=O)NC3CC3)no2)CCNCC1. The lowest BCUT2D eigenvalue weighted by atomic mass is 9.76. The van der Waals surface area contributed by atoms with Crippen LogP contribution in [-0.2, 0) is 5.41 Å². The molecular formula is C13H20N4O2. The molecule has 104 valence electrons. The molecule has 0 aromatic carbocycles. The first-order chi connectivity index (χ1) is 9.23. The highest BCUT2D eigenvalue weighted by Gasteiger charge is 2.38. The van der Waals surface area contributed by atoms with Gasteiger partial charge in [-0.25, -0.2) is 0 Å². The highest BCUT2D eigenvalue weighted by molar-refractivity contribution is 5.90. The Morgan fingerprint density at radius 3 is 2.84 bits per heavy atom. The molecule has 1 saturated carbocycles. The maximum Gasteiger partial charge on any atom is 0.292 e. The van der Waals surface area contributed by atoms with Crippen LogP contribution in [0.4, 0.5) is 0 Å². The lowest BCUT2D eigenvalue weighted by Crippen LogP contribution is -2.39. The third kappa shape index (κ3) is 2.49. The fourth-order valence-electron chi connectivity index (χ4n) is 2.63. The van der Waals surface area contributed by atoms with Crippen LogP contribution in [-0.4, -0.2) is 35.2 Å². The summed E-state index contributed by atoms with van der Waals surface area (Å²) in [5.41, 5.74) is -0.0592. The van der Waals surface area contributed by atoms with Crippen molar-refractivity contribution in [3.8, 4) is 0 Å². The summed E-state index contributed by atoms with van der Waals surface area (Å²) in [5.74, 6) is 0.586. The van der Waals surface area contributed by atoms with Crippen molar-refractivity contribution in [3.63, 3.8) is 0 Å². The van der Waals surface area contributed by atoms with Gasteiger partial charge in [0.05, 0.1) is 5.41 Å². The zero-order valence-electron chi connectivity index (χ0n) is 11.2. The van der Waals surface area contributed by atoms with Gasteiger partial charge >= 0.3 is 0 Å². The number of carbonyl (C=O) groups excluding carboxylic acids is 1. The van der Waals surface area contributed by atoms with E-state index in [1.165, 1.54) is 0 Å². The van der Waals surface area contributed by atoms with E-state index in [4.69, 9.17) is 4.52 Å². The van der Waals surface area contributed by atoms with Crippen molar-refractivity contribution < 1.29 is 9.32 Å². The van der Waals surface area contributed by atoms with E-state index < -0.39 is 0 Å². The molecule has 0 spiro atoms. The number of carbonyl (C=O) groups is 1. The summed E-state index contributed by atoms with van der Waals surface area (Å²) in [4.78, 5) is 16.2. The van der Waals surface area contributed by atoms with E-state index >= 15 is 0 Å². The second kappa shape index (κ2) is 4.92. The molecule has 2 aliphatic rings. The molecule has 6 nitrogen and oxygen atoms in total. The first kappa shape index (κ1) is 12.6. The fourth-order valence-corrected chi connectivity index (χ4v) is 2.63. The quantitative estimate of drug-likeness (QED) is 0.848. The summed E-state index contributed by atoms with van der Waals surface area (Å²) in [6.07, 6.45) is 5.04. The monoisotopic (exact) mass is 264 g/mol. The Bertz CT molecular complexity index is 461. The van der Waals surface area contributed by atoms with E-state index in [0.717, 1.165) is 45.2 Å². The van der Waals surface area contributed by atoms with Crippen molar-refractivity contribution in [2.75, 3.05) is 13.1 Å². The van der Waals surface area contributed by atoms with Crippen molar-refractivity contribution in [3.05, 3.63) is 11.7 Å². The Balaban J connectivity index is 1.76. The Morgan fingerprint density at radius 2 is 2.21 bits per heavy atom. The largest absolute Gasteiger partial charge is 0.346 e. The molecule has 1 amide bonds. The van der Waals surface area contributed by atoms with Crippen LogP contribution in [0.5, 0.6) is 0 Å². The predicted octanol–water partition coefficient (Wildman–Crippen LogP) is 0.993. The third-order valence-electron chi connectivity index (χ3n) is 4.23. The van der Waals surface area contributed by atoms with Crippen molar-refractivity contribution in [1.82, 2.24) is 20.8 Å². The first-order valence-electron chi connectivity index (χ1n) is 7.09. The van der Waals surface area contributed by atoms with Gasteiger partial charge in [-0.3, -0.25) is 4.79 Å². The number of rotatable bonds is 4. The molecule has 0 atom stereocenters. The Kier molecular flexibility index (Phi) is 3.26. The highest BCUT2D eigenvalue weighted by atomic mass is 16.5. The van der Waals surface area contributed by atoms with Gasteiger partial charge in [0.1, 0.15) is 0 Å². The number of nitrogens with one attached hydrogen (secondary N) is 2. The Hall–Kier alpha value is -1.43. The molecule has 3 rings (SSSR count). The molecule has 6 heteroatoms. The summed E-state index contributed by atoms with van der Waals surface area (Å²) in [5, 5.41) is 10.1. The third-order valence-corrected chi connectivity index (χ3v) is 4.23. The highest BCUT2D eigenvalue weighted by Crippen LogP contribution is 2.35. The minimum absolute atomic E-state index is 0.0592. The van der Waals surface area contributed by atoms with Gasteiger partial charge in [0.25, 0.3) is 11.7 Å². The van der Waals surface area contributed by atoms with E-state index in [0.29, 0.717) is 11.9 Å². The van der Waals surface area contributed by atoms with Crippen LogP contribution in [0.15, 0.2) is 4.52 Å². The van der Waals surface area contributed by atoms with Crippen molar-refractivity contribution >= 4 is 5.91 Å². The standard InChI is InChI=1S/C13H20N4O2/c1-2-13(5-7-14-8-6-13)12-16-10(17-19-12)11(18)15-9-3-4-9/h9,14H,2-8H2,1H3,(H,15,18). The van der Waals surface area contributed by atoms with E-state index in [1.807, 2.05) is 0 Å². The average Bonchev–Trinajstić information content (AvgIpc) is 3.11. The van der Waals surface area contributed by atoms with Crippen molar-refractivity contribution in [1.29, 1.82) is 0 Å². The molecule has 2 N–H and O–H groups in total. The molecule has 19 heavy (non-hydrogen) atoms. The van der Waals surface area contributed by atoms with Crippen LogP contribution < -0.4 is 10.6 Å². The smallest absolute Gasteiger partial charge is 0.292 e. The molecule has 2 fully saturated rings. The van der Waals surface area contributed by atoms with Crippen LogP contribution >= 0.6 is 0 Å². The van der Waals surface area contributed by atoms with E-state index in [9.17, 15) is 4.79 Å². The molecular weight excluding hydrogens is 244 g/mol. The molecule has 1 saturated heterocycles. The Morgan fingerprint density at radius 1 is 1.47 bits per heavy atom. The number of piperidine rings is 1. The van der Waals surface area contributed by atoms with Gasteiger partial charge < -0.3 is 15.2 Å². The summed E-state index contributed by atoms with van der Waals surface area (Å²) in [7, 11) is 0. The number of amides is 1. The summed E-state index contributed by atoms with van der Waals surface area (Å²) in [6.45, 7) is 4.05. The van der Waals surface area contributed by atoms with E-state index in [-0.39, 0.29) is 17.1 Å². The zero-order chi connectivity index (χ0) is 13.3. The second-order valence-electron chi connectivity index (χ2n) is 5.55. The summed E-state index contributed by atoms with van der Waals surface area (Å²) >= 11 is 0. The van der Waals surface area contributed by atoms with Crippen LogP contribution in [0.2, 0.25) is 0 Å². The fraction of sp³-hybridized carbons (Fsp3) is 0.769. The molecule has 1 aromatic rings. The van der Waals surface area contributed by atoms with Crippen LogP contribution in [0.25, 0.3) is 0 Å². The maximum atomic E-state index is 11.9. The van der Waals surface area contributed by atoms with Gasteiger partial charge in [-0.1, -0.05) is 12.1 Å². The molecule has 1 aliphatic carbocycles. The number of nitrogens with zero attached hydrogens (tertiary/aromatic N) is 2. The average molecular weight is 264 g/mol. The van der Waals surface area contributed by atoms with Gasteiger partial charge in [0, 0.05) is 6.04 Å². The van der Waals surface area contributed by atoms with Gasteiger partial charge in [-0.05, 0) is 45.2 Å². The van der Waals surface area contributed by atoms with Crippen molar-refractivity contribution in [2.24, 2.45) is 0 Å². The van der Waals surface area contributed by atoms with Crippen LogP contribution in [0.3, 0.4) is 0 Å². The number of hydrogen-bond donors (Lipinski definition) is 2. The van der Waals surface area contributed by atoms with Gasteiger partial charge in [-0.2, -0.15) is 4.98 Å². The first-order valence-corrected chi connectivity index (χ1v) is 7.09. The molecule has 1 aromatic heterocycles. The maximum absolute atomic E-state index is 11.9. The summed E-state index contributed by atoms with van der Waals surface area (Å²) in [6, 6.07) is 0.313.